The third-order valence-corrected chi connectivity index (χ3v) is 3.62. The Morgan fingerprint density at radius 3 is 2.25 bits per heavy atom. The van der Waals surface area contributed by atoms with Gasteiger partial charge in [-0.05, 0) is 36.4 Å². The van der Waals surface area contributed by atoms with Crippen LogP contribution in [0.5, 0.6) is 0 Å². The molecule has 0 saturated carbocycles. The molecule has 0 spiro atoms. The van der Waals surface area contributed by atoms with Crippen molar-refractivity contribution in [3.05, 3.63) is 63.7 Å². The third-order valence-electron chi connectivity index (χ3n) is 3.62. The molecule has 1 amide bonds. The third kappa shape index (κ3) is 5.04. The highest BCUT2D eigenvalue weighted by molar-refractivity contribution is 5.96. The number of nitro groups is 1. The van der Waals surface area contributed by atoms with E-state index in [1.165, 1.54) is 50.6 Å². The van der Waals surface area contributed by atoms with E-state index in [-0.39, 0.29) is 16.9 Å². The number of nitrogens with zero attached hydrogens (tertiary/aromatic N) is 1. The summed E-state index contributed by atoms with van der Waals surface area (Å²) in [5, 5.41) is 16.2. The van der Waals surface area contributed by atoms with Crippen molar-refractivity contribution >= 4 is 34.9 Å². The first-order valence-electron chi connectivity index (χ1n) is 7.97. The van der Waals surface area contributed by atoms with E-state index in [9.17, 15) is 24.5 Å². The molecule has 0 bridgehead atoms. The predicted octanol–water partition coefficient (Wildman–Crippen LogP) is 2.22. The molecule has 146 valence electrons. The Morgan fingerprint density at radius 2 is 1.68 bits per heavy atom. The Morgan fingerprint density at radius 1 is 1.04 bits per heavy atom. The van der Waals surface area contributed by atoms with Gasteiger partial charge in [-0.15, -0.1) is 0 Å². The molecule has 0 radical (unpaired) electrons. The molecule has 0 saturated heterocycles. The molecule has 10 heteroatoms. The van der Waals surface area contributed by atoms with Crippen LogP contribution in [0.3, 0.4) is 0 Å². The van der Waals surface area contributed by atoms with Crippen molar-refractivity contribution in [1.29, 1.82) is 0 Å². The van der Waals surface area contributed by atoms with Crippen LogP contribution in [0.4, 0.5) is 17.1 Å². The number of rotatable bonds is 7. The molecule has 0 aliphatic heterocycles. The largest absolute Gasteiger partial charge is 0.465 e. The minimum absolute atomic E-state index is 0.0547. The molecule has 0 fully saturated rings. The van der Waals surface area contributed by atoms with Gasteiger partial charge in [-0.1, -0.05) is 0 Å². The van der Waals surface area contributed by atoms with Crippen LogP contribution in [0.15, 0.2) is 42.5 Å². The number of hydrogen-bond acceptors (Lipinski definition) is 8. The van der Waals surface area contributed by atoms with Crippen LogP contribution in [-0.4, -0.2) is 43.5 Å². The van der Waals surface area contributed by atoms with Gasteiger partial charge in [0.25, 0.3) is 11.6 Å². The van der Waals surface area contributed by atoms with Gasteiger partial charge in [-0.3, -0.25) is 14.9 Å². The minimum atomic E-state index is -0.873. The Bertz CT molecular complexity index is 910. The number of esters is 2. The van der Waals surface area contributed by atoms with E-state index in [2.05, 4.69) is 15.4 Å². The van der Waals surface area contributed by atoms with E-state index in [0.29, 0.717) is 11.3 Å². The lowest BCUT2D eigenvalue weighted by Gasteiger charge is -2.08. The Balaban J connectivity index is 1.95. The zero-order chi connectivity index (χ0) is 20.7. The number of carbonyl (C=O) groups excluding carboxylic acids is 3. The number of carbonyl (C=O) groups is 3. The highest BCUT2D eigenvalue weighted by atomic mass is 16.6. The fourth-order valence-electron chi connectivity index (χ4n) is 2.24. The van der Waals surface area contributed by atoms with Gasteiger partial charge in [0.05, 0.1) is 23.2 Å². The molecule has 0 unspecified atom stereocenters. The average Bonchev–Trinajstić information content (AvgIpc) is 2.71. The van der Waals surface area contributed by atoms with Crippen LogP contribution in [-0.2, 0) is 14.3 Å². The van der Waals surface area contributed by atoms with Crippen molar-refractivity contribution in [1.82, 2.24) is 0 Å². The first-order chi connectivity index (χ1) is 13.3. The number of anilines is 2. The molecule has 2 aromatic carbocycles. The van der Waals surface area contributed by atoms with E-state index in [4.69, 9.17) is 4.74 Å². The van der Waals surface area contributed by atoms with Crippen molar-refractivity contribution in [3.63, 3.8) is 0 Å². The second-order valence-corrected chi connectivity index (χ2v) is 5.43. The summed E-state index contributed by atoms with van der Waals surface area (Å²) in [6.07, 6.45) is 0. The fourth-order valence-corrected chi connectivity index (χ4v) is 2.24. The van der Waals surface area contributed by atoms with Crippen LogP contribution in [0, 0.1) is 10.1 Å². The molecule has 0 aliphatic rings. The quantitative estimate of drug-likeness (QED) is 0.419. The van der Waals surface area contributed by atoms with Gasteiger partial charge in [0.2, 0.25) is 0 Å². The zero-order valence-electron chi connectivity index (χ0n) is 15.1. The Labute approximate surface area is 159 Å². The van der Waals surface area contributed by atoms with Crippen LogP contribution in [0.25, 0.3) is 0 Å². The first-order valence-corrected chi connectivity index (χ1v) is 7.97. The maximum atomic E-state index is 12.0. The number of nitrogens with one attached hydrogen (secondary N) is 2. The lowest BCUT2D eigenvalue weighted by molar-refractivity contribution is -0.384. The van der Waals surface area contributed by atoms with Crippen LogP contribution in [0.1, 0.15) is 20.7 Å². The molecule has 2 aromatic rings. The first kappa shape index (κ1) is 20.4. The molecule has 0 atom stereocenters. The number of hydrogen-bond donors (Lipinski definition) is 2. The van der Waals surface area contributed by atoms with Gasteiger partial charge in [-0.25, -0.2) is 9.59 Å². The maximum absolute atomic E-state index is 12.0. The number of amides is 1. The van der Waals surface area contributed by atoms with Crippen LogP contribution >= 0.6 is 0 Å². The summed E-state index contributed by atoms with van der Waals surface area (Å²) in [5.41, 5.74) is 0.615. The highest BCUT2D eigenvalue weighted by Gasteiger charge is 2.18. The van der Waals surface area contributed by atoms with E-state index in [1.807, 2.05) is 0 Å². The SMILES string of the molecule is CNc1ccc(C(=O)OCC(=O)Nc2ccc(C(=O)OC)cc2)cc1[N+](=O)[O-]. The second-order valence-electron chi connectivity index (χ2n) is 5.43. The van der Waals surface area contributed by atoms with Crippen LogP contribution in [0.2, 0.25) is 0 Å². The summed E-state index contributed by atoms with van der Waals surface area (Å²) in [7, 11) is 2.77. The second kappa shape index (κ2) is 9.12. The Hall–Kier alpha value is -3.95. The number of benzene rings is 2. The summed E-state index contributed by atoms with van der Waals surface area (Å²) in [6.45, 7) is -0.584. The average molecular weight is 387 g/mol. The number of methoxy groups -OCH3 is 1. The number of ether oxygens (including phenoxy) is 2. The van der Waals surface area contributed by atoms with Crippen molar-refractivity contribution in [2.24, 2.45) is 0 Å². The fraction of sp³-hybridized carbons (Fsp3) is 0.167. The molecule has 10 nitrogen and oxygen atoms in total. The van der Waals surface area contributed by atoms with Gasteiger partial charge in [0.15, 0.2) is 6.61 Å². The lowest BCUT2D eigenvalue weighted by atomic mass is 10.1. The zero-order valence-corrected chi connectivity index (χ0v) is 15.1. The van der Waals surface area contributed by atoms with Gasteiger partial charge in [-0.2, -0.15) is 0 Å². The predicted molar refractivity (Wildman–Crippen MR) is 99.3 cm³/mol. The smallest absolute Gasteiger partial charge is 0.338 e. The van der Waals surface area contributed by atoms with E-state index >= 15 is 0 Å². The van der Waals surface area contributed by atoms with E-state index < -0.39 is 29.4 Å². The van der Waals surface area contributed by atoms with Crippen LogP contribution < -0.4 is 10.6 Å². The molecule has 28 heavy (non-hydrogen) atoms. The molecular weight excluding hydrogens is 370 g/mol. The molecule has 0 aliphatic carbocycles. The van der Waals surface area contributed by atoms with Gasteiger partial charge < -0.3 is 20.1 Å². The van der Waals surface area contributed by atoms with E-state index in [1.54, 1.807) is 0 Å². The molecule has 0 aromatic heterocycles. The topological polar surface area (TPSA) is 137 Å². The summed E-state index contributed by atoms with van der Waals surface area (Å²) in [6, 6.07) is 9.71. The molecular formula is C18H17N3O7. The van der Waals surface area contributed by atoms with Gasteiger partial charge >= 0.3 is 11.9 Å². The number of nitro benzene ring substituents is 1. The summed E-state index contributed by atoms with van der Waals surface area (Å²) in [4.78, 5) is 45.7. The Kier molecular flexibility index (Phi) is 6.63. The standard InChI is InChI=1S/C18H17N3O7/c1-19-14-8-5-12(9-15(14)21(25)26)18(24)28-10-16(22)20-13-6-3-11(4-7-13)17(23)27-2/h3-9,19H,10H2,1-2H3,(H,20,22). The van der Waals surface area contributed by atoms with Crippen molar-refractivity contribution in [2.45, 2.75) is 0 Å². The van der Waals surface area contributed by atoms with Gasteiger partial charge in [0.1, 0.15) is 5.69 Å². The normalized spacial score (nSPS) is 9.93. The molecule has 0 heterocycles. The summed E-state index contributed by atoms with van der Waals surface area (Å²) in [5.74, 6) is -1.99. The summed E-state index contributed by atoms with van der Waals surface area (Å²) >= 11 is 0. The lowest BCUT2D eigenvalue weighted by Crippen LogP contribution is -2.21. The van der Waals surface area contributed by atoms with Crippen molar-refractivity contribution in [3.8, 4) is 0 Å². The van der Waals surface area contributed by atoms with Crippen molar-refractivity contribution in [2.75, 3.05) is 31.4 Å². The molecule has 2 N–H and O–H groups in total. The van der Waals surface area contributed by atoms with Crippen molar-refractivity contribution < 1.29 is 28.8 Å². The minimum Gasteiger partial charge on any atom is -0.465 e. The maximum Gasteiger partial charge on any atom is 0.338 e. The van der Waals surface area contributed by atoms with E-state index in [0.717, 1.165) is 6.07 Å². The monoisotopic (exact) mass is 387 g/mol. The highest BCUT2D eigenvalue weighted by Crippen LogP contribution is 2.25. The molecule has 2 rings (SSSR count). The van der Waals surface area contributed by atoms with Gasteiger partial charge in [0, 0.05) is 18.8 Å². The summed E-state index contributed by atoms with van der Waals surface area (Å²) < 4.78 is 9.45.